The number of nitrogens with two attached hydrogens (primary N) is 1. The highest BCUT2D eigenvalue weighted by Gasteiger charge is 2.29. The molecule has 16 heavy (non-hydrogen) atoms. The van der Waals surface area contributed by atoms with Crippen molar-refractivity contribution in [2.75, 3.05) is 13.1 Å². The molecule has 1 aliphatic heterocycles. The van der Waals surface area contributed by atoms with Gasteiger partial charge >= 0.3 is 0 Å². The quantitative estimate of drug-likeness (QED) is 0.742. The Morgan fingerprint density at radius 3 is 2.62 bits per heavy atom. The zero-order valence-electron chi connectivity index (χ0n) is 11.0. The van der Waals surface area contributed by atoms with Crippen molar-refractivity contribution in [1.82, 2.24) is 4.90 Å². The van der Waals surface area contributed by atoms with Crippen LogP contribution in [0.3, 0.4) is 0 Å². The average molecular weight is 224 g/mol. The number of likely N-dealkylation sites (tertiary alicyclic amines) is 1. The Morgan fingerprint density at radius 2 is 1.88 bits per heavy atom. The SMILES string of the molecule is CC1(C)CCCN(C2CCCC(N)C2)CC1. The molecule has 0 aromatic heterocycles. The number of hydrogen-bond donors (Lipinski definition) is 1. The van der Waals surface area contributed by atoms with E-state index in [2.05, 4.69) is 18.7 Å². The Balaban J connectivity index is 1.89. The van der Waals surface area contributed by atoms with Crippen LogP contribution in [0.4, 0.5) is 0 Å². The molecule has 0 spiro atoms. The molecule has 0 amide bonds. The first-order valence-corrected chi connectivity index (χ1v) is 7.06. The van der Waals surface area contributed by atoms with E-state index in [1.165, 1.54) is 58.0 Å². The van der Waals surface area contributed by atoms with Crippen molar-refractivity contribution >= 4 is 0 Å². The molecule has 2 rings (SSSR count). The zero-order valence-corrected chi connectivity index (χ0v) is 11.0. The molecule has 0 bridgehead atoms. The van der Waals surface area contributed by atoms with Crippen LogP contribution in [0.5, 0.6) is 0 Å². The lowest BCUT2D eigenvalue weighted by Crippen LogP contribution is -2.43. The normalized spacial score (nSPS) is 36.9. The van der Waals surface area contributed by atoms with E-state index >= 15 is 0 Å². The lowest BCUT2D eigenvalue weighted by Gasteiger charge is -2.36. The van der Waals surface area contributed by atoms with Crippen molar-refractivity contribution < 1.29 is 0 Å². The second kappa shape index (κ2) is 5.05. The number of rotatable bonds is 1. The fourth-order valence-corrected chi connectivity index (χ4v) is 3.34. The minimum atomic E-state index is 0.468. The molecule has 1 heterocycles. The molecule has 1 saturated carbocycles. The summed E-state index contributed by atoms with van der Waals surface area (Å²) >= 11 is 0. The van der Waals surface area contributed by atoms with Gasteiger partial charge in [-0.3, -0.25) is 0 Å². The van der Waals surface area contributed by atoms with Gasteiger partial charge in [0.15, 0.2) is 0 Å². The Kier molecular flexibility index (Phi) is 3.91. The van der Waals surface area contributed by atoms with Crippen LogP contribution < -0.4 is 5.73 Å². The van der Waals surface area contributed by atoms with Crippen LogP contribution in [0.1, 0.15) is 58.8 Å². The van der Waals surface area contributed by atoms with Crippen LogP contribution in [0.2, 0.25) is 0 Å². The first-order valence-electron chi connectivity index (χ1n) is 7.06. The Labute approximate surface area is 101 Å². The summed E-state index contributed by atoms with van der Waals surface area (Å²) in [6.45, 7) is 7.44. The van der Waals surface area contributed by atoms with Crippen molar-refractivity contribution in [3.8, 4) is 0 Å². The number of hydrogen-bond acceptors (Lipinski definition) is 2. The summed E-state index contributed by atoms with van der Waals surface area (Å²) in [5.74, 6) is 0. The van der Waals surface area contributed by atoms with Crippen LogP contribution >= 0.6 is 0 Å². The molecule has 1 aliphatic carbocycles. The topological polar surface area (TPSA) is 29.3 Å². The van der Waals surface area contributed by atoms with E-state index < -0.39 is 0 Å². The van der Waals surface area contributed by atoms with Crippen molar-refractivity contribution in [2.45, 2.75) is 70.9 Å². The predicted molar refractivity (Wildman–Crippen MR) is 69.4 cm³/mol. The molecule has 2 fully saturated rings. The van der Waals surface area contributed by atoms with Gasteiger partial charge in [0.1, 0.15) is 0 Å². The third kappa shape index (κ3) is 3.21. The summed E-state index contributed by atoms with van der Waals surface area (Å²) in [6.07, 6.45) is 9.33. The summed E-state index contributed by atoms with van der Waals surface area (Å²) in [5, 5.41) is 0. The second-order valence-electron chi connectivity index (χ2n) is 6.63. The van der Waals surface area contributed by atoms with Gasteiger partial charge in [-0.2, -0.15) is 0 Å². The van der Waals surface area contributed by atoms with E-state index in [-0.39, 0.29) is 0 Å². The first-order chi connectivity index (χ1) is 7.57. The number of nitrogens with zero attached hydrogens (tertiary/aromatic N) is 1. The van der Waals surface area contributed by atoms with Gasteiger partial charge in [-0.15, -0.1) is 0 Å². The third-order valence-electron chi connectivity index (χ3n) is 4.58. The van der Waals surface area contributed by atoms with Gasteiger partial charge in [0, 0.05) is 12.1 Å². The summed E-state index contributed by atoms with van der Waals surface area (Å²) in [7, 11) is 0. The van der Waals surface area contributed by atoms with Crippen molar-refractivity contribution in [1.29, 1.82) is 0 Å². The molecule has 1 saturated heterocycles. The summed E-state index contributed by atoms with van der Waals surface area (Å²) in [4.78, 5) is 2.73. The fourth-order valence-electron chi connectivity index (χ4n) is 3.34. The van der Waals surface area contributed by atoms with E-state index in [0.717, 1.165) is 6.04 Å². The molecule has 2 nitrogen and oxygen atoms in total. The summed E-state index contributed by atoms with van der Waals surface area (Å²) in [5.41, 5.74) is 6.66. The van der Waals surface area contributed by atoms with Gasteiger partial charge < -0.3 is 10.6 Å². The molecular formula is C14H28N2. The van der Waals surface area contributed by atoms with Gasteiger partial charge in [-0.25, -0.2) is 0 Å². The van der Waals surface area contributed by atoms with Crippen LogP contribution in [0, 0.1) is 5.41 Å². The van der Waals surface area contributed by atoms with Crippen molar-refractivity contribution in [2.24, 2.45) is 11.1 Å². The zero-order chi connectivity index (χ0) is 11.6. The lowest BCUT2D eigenvalue weighted by atomic mass is 9.85. The van der Waals surface area contributed by atoms with Crippen LogP contribution in [0.25, 0.3) is 0 Å². The van der Waals surface area contributed by atoms with Gasteiger partial charge in [0.2, 0.25) is 0 Å². The Bertz CT molecular complexity index is 225. The molecule has 2 unspecified atom stereocenters. The van der Waals surface area contributed by atoms with Crippen LogP contribution in [-0.4, -0.2) is 30.1 Å². The fraction of sp³-hybridized carbons (Fsp3) is 1.00. The molecule has 94 valence electrons. The Hall–Kier alpha value is -0.0800. The molecule has 0 aromatic carbocycles. The minimum Gasteiger partial charge on any atom is -0.328 e. The van der Waals surface area contributed by atoms with Gasteiger partial charge in [-0.05, 0) is 57.0 Å². The largest absolute Gasteiger partial charge is 0.328 e. The van der Waals surface area contributed by atoms with Gasteiger partial charge in [-0.1, -0.05) is 20.3 Å². The maximum Gasteiger partial charge on any atom is 0.0110 e. The lowest BCUT2D eigenvalue weighted by molar-refractivity contribution is 0.147. The van der Waals surface area contributed by atoms with E-state index in [9.17, 15) is 0 Å². The minimum absolute atomic E-state index is 0.468. The molecule has 2 atom stereocenters. The van der Waals surface area contributed by atoms with E-state index in [1.807, 2.05) is 0 Å². The molecule has 0 aromatic rings. The molecule has 2 heteroatoms. The summed E-state index contributed by atoms with van der Waals surface area (Å²) in [6, 6.07) is 1.26. The standard InChI is InChI=1S/C14H28N2/c1-14(2)7-4-9-16(10-8-14)13-6-3-5-12(15)11-13/h12-13H,3-11,15H2,1-2H3. The molecule has 0 radical (unpaired) electrons. The second-order valence-corrected chi connectivity index (χ2v) is 6.63. The van der Waals surface area contributed by atoms with E-state index in [1.54, 1.807) is 0 Å². The highest BCUT2D eigenvalue weighted by atomic mass is 15.2. The summed E-state index contributed by atoms with van der Waals surface area (Å²) < 4.78 is 0. The predicted octanol–water partition coefficient (Wildman–Crippen LogP) is 2.77. The van der Waals surface area contributed by atoms with Crippen molar-refractivity contribution in [3.63, 3.8) is 0 Å². The average Bonchev–Trinajstić information content (AvgIpc) is 2.39. The van der Waals surface area contributed by atoms with Gasteiger partial charge in [0.05, 0.1) is 0 Å². The van der Waals surface area contributed by atoms with E-state index in [0.29, 0.717) is 11.5 Å². The maximum absolute atomic E-state index is 6.10. The van der Waals surface area contributed by atoms with Crippen LogP contribution in [-0.2, 0) is 0 Å². The monoisotopic (exact) mass is 224 g/mol. The smallest absolute Gasteiger partial charge is 0.0110 e. The van der Waals surface area contributed by atoms with Crippen molar-refractivity contribution in [3.05, 3.63) is 0 Å². The third-order valence-corrected chi connectivity index (χ3v) is 4.58. The molecule has 2 aliphatic rings. The highest BCUT2D eigenvalue weighted by Crippen LogP contribution is 2.32. The van der Waals surface area contributed by atoms with Gasteiger partial charge in [0.25, 0.3) is 0 Å². The molecular weight excluding hydrogens is 196 g/mol. The first kappa shape index (κ1) is 12.4. The van der Waals surface area contributed by atoms with Crippen LogP contribution in [0.15, 0.2) is 0 Å². The van der Waals surface area contributed by atoms with E-state index in [4.69, 9.17) is 5.73 Å². The maximum atomic E-state index is 6.10. The Morgan fingerprint density at radius 1 is 1.06 bits per heavy atom. The highest BCUT2D eigenvalue weighted by molar-refractivity contribution is 4.85. The molecule has 2 N–H and O–H groups in total.